The van der Waals surface area contributed by atoms with E-state index >= 15 is 0 Å². The molecule has 0 bridgehead atoms. The van der Waals surface area contributed by atoms with Crippen LogP contribution >= 0.6 is 0 Å². The SMILES string of the molecule is C=C1CC[C@H]2[C@H](CN)[C@@H]([C@@]3(C)Cc4cn[nH]c4C[C@@H]3CN3CCOCC3)CC[C@]12C. The van der Waals surface area contributed by atoms with Gasteiger partial charge in [0.25, 0.3) is 0 Å². The third-order valence-corrected chi connectivity index (χ3v) is 9.86. The van der Waals surface area contributed by atoms with Gasteiger partial charge in [0.1, 0.15) is 0 Å². The average Bonchev–Trinajstić information content (AvgIpc) is 3.31. The molecule has 4 aliphatic rings. The number of rotatable bonds is 4. The minimum absolute atomic E-state index is 0.268. The Morgan fingerprint density at radius 3 is 2.83 bits per heavy atom. The number of aromatic nitrogens is 2. The van der Waals surface area contributed by atoms with E-state index in [-0.39, 0.29) is 5.41 Å². The zero-order chi connectivity index (χ0) is 20.9. The molecule has 0 aromatic carbocycles. The van der Waals surface area contributed by atoms with Crippen molar-refractivity contribution in [1.29, 1.82) is 0 Å². The summed E-state index contributed by atoms with van der Waals surface area (Å²) in [6, 6.07) is 0. The maximum absolute atomic E-state index is 6.55. The Morgan fingerprint density at radius 2 is 2.07 bits per heavy atom. The molecule has 5 heteroatoms. The quantitative estimate of drug-likeness (QED) is 0.744. The second kappa shape index (κ2) is 7.75. The van der Waals surface area contributed by atoms with Crippen LogP contribution < -0.4 is 5.73 Å². The van der Waals surface area contributed by atoms with Crippen molar-refractivity contribution in [3.8, 4) is 0 Å². The van der Waals surface area contributed by atoms with Gasteiger partial charge >= 0.3 is 0 Å². The third-order valence-electron chi connectivity index (χ3n) is 9.86. The molecule has 166 valence electrons. The first-order valence-corrected chi connectivity index (χ1v) is 12.2. The Balaban J connectivity index is 1.46. The predicted octanol–water partition coefficient (Wildman–Crippen LogP) is 3.42. The second-order valence-electron chi connectivity index (χ2n) is 11.1. The first-order chi connectivity index (χ1) is 14.5. The smallest absolute Gasteiger partial charge is 0.0594 e. The zero-order valence-corrected chi connectivity index (χ0v) is 19.0. The fraction of sp³-hybridized carbons (Fsp3) is 0.800. The van der Waals surface area contributed by atoms with Crippen molar-refractivity contribution in [2.24, 2.45) is 40.2 Å². The molecule has 1 aromatic heterocycles. The first kappa shape index (κ1) is 20.7. The number of hydrogen-bond donors (Lipinski definition) is 2. The van der Waals surface area contributed by atoms with Crippen LogP contribution in [-0.2, 0) is 17.6 Å². The van der Waals surface area contributed by atoms with Gasteiger partial charge in [0.05, 0.1) is 19.4 Å². The molecule has 1 aromatic rings. The number of fused-ring (bicyclic) bond motifs is 2. The molecule has 0 spiro atoms. The van der Waals surface area contributed by atoms with Gasteiger partial charge in [-0.1, -0.05) is 26.0 Å². The molecule has 3 fully saturated rings. The van der Waals surface area contributed by atoms with E-state index in [1.54, 1.807) is 0 Å². The van der Waals surface area contributed by atoms with E-state index in [1.165, 1.54) is 49.1 Å². The summed E-state index contributed by atoms with van der Waals surface area (Å²) in [6.07, 6.45) is 9.40. The van der Waals surface area contributed by atoms with E-state index in [4.69, 9.17) is 10.5 Å². The van der Waals surface area contributed by atoms with Crippen LogP contribution in [0.1, 0.15) is 50.8 Å². The summed E-state index contributed by atoms with van der Waals surface area (Å²) in [7, 11) is 0. The van der Waals surface area contributed by atoms with Gasteiger partial charge in [-0.05, 0) is 85.1 Å². The number of morpholine rings is 1. The summed E-state index contributed by atoms with van der Waals surface area (Å²) >= 11 is 0. The Kier molecular flexibility index (Phi) is 5.35. The van der Waals surface area contributed by atoms with E-state index in [2.05, 4.69) is 41.7 Å². The van der Waals surface area contributed by atoms with Gasteiger partial charge in [0, 0.05) is 25.3 Å². The summed E-state index contributed by atoms with van der Waals surface area (Å²) in [5.74, 6) is 2.63. The van der Waals surface area contributed by atoms with Crippen LogP contribution in [0.4, 0.5) is 0 Å². The van der Waals surface area contributed by atoms with Gasteiger partial charge in [0.15, 0.2) is 0 Å². The lowest BCUT2D eigenvalue weighted by Gasteiger charge is -2.56. The topological polar surface area (TPSA) is 67.2 Å². The minimum Gasteiger partial charge on any atom is -0.379 e. The molecule has 5 nitrogen and oxygen atoms in total. The Hall–Kier alpha value is -1.17. The molecule has 2 saturated carbocycles. The van der Waals surface area contributed by atoms with Gasteiger partial charge in [-0.25, -0.2) is 0 Å². The molecule has 2 heterocycles. The fourth-order valence-electron chi connectivity index (χ4n) is 7.85. The van der Waals surface area contributed by atoms with Gasteiger partial charge < -0.3 is 10.5 Å². The van der Waals surface area contributed by atoms with E-state index in [0.717, 1.165) is 45.7 Å². The molecule has 1 saturated heterocycles. The number of nitrogens with one attached hydrogen (secondary N) is 1. The van der Waals surface area contributed by atoms with Crippen molar-refractivity contribution in [2.75, 3.05) is 39.4 Å². The summed E-state index contributed by atoms with van der Waals surface area (Å²) in [6.45, 7) is 15.4. The van der Waals surface area contributed by atoms with Gasteiger partial charge in [-0.2, -0.15) is 5.10 Å². The van der Waals surface area contributed by atoms with E-state index in [1.807, 2.05) is 0 Å². The summed E-state index contributed by atoms with van der Waals surface area (Å²) in [4.78, 5) is 2.63. The molecule has 3 N–H and O–H groups in total. The van der Waals surface area contributed by atoms with E-state index in [0.29, 0.717) is 29.1 Å². The Labute approximate surface area is 181 Å². The number of hydrogen-bond acceptors (Lipinski definition) is 4. The van der Waals surface area contributed by atoms with Crippen molar-refractivity contribution >= 4 is 0 Å². The molecule has 3 aliphatic carbocycles. The summed E-state index contributed by atoms with van der Waals surface area (Å²) < 4.78 is 5.62. The standard InChI is InChI=1S/C25H40N4O/c1-17-4-5-21-20(14-26)22(6-7-24(17,21)2)25(3)13-18-15-27-28-23(18)12-19(25)16-29-8-10-30-11-9-29/h15,19-22H,1,4-14,16,26H2,2-3H3,(H,27,28)/t19-,20+,21+,22+,24-,25+/m1/s1. The highest BCUT2D eigenvalue weighted by atomic mass is 16.5. The number of aromatic amines is 1. The Morgan fingerprint density at radius 1 is 1.27 bits per heavy atom. The lowest BCUT2D eigenvalue weighted by Crippen LogP contribution is -2.55. The number of ether oxygens (including phenoxy) is 1. The van der Waals surface area contributed by atoms with E-state index < -0.39 is 0 Å². The molecule has 0 unspecified atom stereocenters. The molecule has 1 aliphatic heterocycles. The molecule has 30 heavy (non-hydrogen) atoms. The fourth-order valence-corrected chi connectivity index (χ4v) is 7.85. The summed E-state index contributed by atoms with van der Waals surface area (Å²) in [5, 5.41) is 7.72. The van der Waals surface area contributed by atoms with Crippen LogP contribution in [0.5, 0.6) is 0 Å². The highest BCUT2D eigenvalue weighted by molar-refractivity contribution is 5.26. The number of H-pyrrole nitrogens is 1. The lowest BCUT2D eigenvalue weighted by atomic mass is 9.49. The highest BCUT2D eigenvalue weighted by Crippen LogP contribution is 2.62. The van der Waals surface area contributed by atoms with Crippen LogP contribution in [0.25, 0.3) is 0 Å². The molecule has 5 rings (SSSR count). The van der Waals surface area contributed by atoms with E-state index in [9.17, 15) is 0 Å². The maximum Gasteiger partial charge on any atom is 0.0594 e. The third kappa shape index (κ3) is 3.20. The van der Waals surface area contributed by atoms with Crippen LogP contribution in [0.2, 0.25) is 0 Å². The van der Waals surface area contributed by atoms with Crippen molar-refractivity contribution in [2.45, 2.75) is 52.4 Å². The Bertz CT molecular complexity index is 784. The molecular weight excluding hydrogens is 372 g/mol. The van der Waals surface area contributed by atoms with Crippen molar-refractivity contribution in [3.05, 3.63) is 29.6 Å². The molecular formula is C25H40N4O. The van der Waals surface area contributed by atoms with Crippen LogP contribution in [0, 0.1) is 34.5 Å². The highest BCUT2D eigenvalue weighted by Gasteiger charge is 2.56. The maximum atomic E-state index is 6.55. The van der Waals surface area contributed by atoms with Crippen molar-refractivity contribution in [1.82, 2.24) is 15.1 Å². The molecule has 6 atom stereocenters. The largest absolute Gasteiger partial charge is 0.379 e. The van der Waals surface area contributed by atoms with Gasteiger partial charge in [-0.3, -0.25) is 10.00 Å². The average molecular weight is 413 g/mol. The molecule has 0 amide bonds. The van der Waals surface area contributed by atoms with Crippen molar-refractivity contribution < 1.29 is 4.74 Å². The first-order valence-electron chi connectivity index (χ1n) is 12.2. The number of allylic oxidation sites excluding steroid dienone is 1. The molecule has 0 radical (unpaired) electrons. The van der Waals surface area contributed by atoms with Crippen LogP contribution in [0.3, 0.4) is 0 Å². The predicted molar refractivity (Wildman–Crippen MR) is 120 cm³/mol. The van der Waals surface area contributed by atoms with Crippen LogP contribution in [-0.4, -0.2) is 54.5 Å². The van der Waals surface area contributed by atoms with Gasteiger partial charge in [0.2, 0.25) is 0 Å². The monoisotopic (exact) mass is 412 g/mol. The zero-order valence-electron chi connectivity index (χ0n) is 19.0. The van der Waals surface area contributed by atoms with Crippen LogP contribution in [0.15, 0.2) is 18.3 Å². The number of nitrogens with zero attached hydrogens (tertiary/aromatic N) is 2. The second-order valence-corrected chi connectivity index (χ2v) is 11.1. The van der Waals surface area contributed by atoms with Crippen molar-refractivity contribution in [3.63, 3.8) is 0 Å². The van der Waals surface area contributed by atoms with Gasteiger partial charge in [-0.15, -0.1) is 0 Å². The number of nitrogens with two attached hydrogens (primary N) is 1. The summed E-state index contributed by atoms with van der Waals surface area (Å²) in [5.41, 5.74) is 11.4. The lowest BCUT2D eigenvalue weighted by molar-refractivity contribution is -0.0563. The minimum atomic E-state index is 0.268. The normalized spacial score (nSPS) is 42.2.